The Morgan fingerprint density at radius 1 is 1.38 bits per heavy atom. The van der Waals surface area contributed by atoms with Gasteiger partial charge in [0.25, 0.3) is 0 Å². The molecule has 1 aliphatic rings. The van der Waals surface area contributed by atoms with Crippen LogP contribution >= 0.6 is 22.6 Å². The number of cyclic esters (lactones) is 1. The van der Waals surface area contributed by atoms with Crippen molar-refractivity contribution in [1.82, 2.24) is 4.90 Å². The molecule has 0 spiro atoms. The topological polar surface area (TPSA) is 55.8 Å². The molecule has 26 heavy (non-hydrogen) atoms. The van der Waals surface area contributed by atoms with Gasteiger partial charge in [-0.05, 0) is 40.7 Å². The number of hydrogen-bond acceptors (Lipinski definition) is 4. The predicted molar refractivity (Wildman–Crippen MR) is 110 cm³/mol. The van der Waals surface area contributed by atoms with E-state index in [1.807, 2.05) is 42.5 Å². The Morgan fingerprint density at radius 2 is 2.12 bits per heavy atom. The SMILES string of the molecule is CCCCC(C(=O)N1CCOC1=O)/C(I)=C(/C=C\c1ccccc1)OC. The van der Waals surface area contributed by atoms with E-state index >= 15 is 0 Å². The molecule has 6 heteroatoms. The van der Waals surface area contributed by atoms with Gasteiger partial charge >= 0.3 is 6.09 Å². The number of hydrogen-bond donors (Lipinski definition) is 0. The molecule has 1 fully saturated rings. The molecule has 2 amide bonds. The molecule has 140 valence electrons. The number of amides is 2. The van der Waals surface area contributed by atoms with E-state index < -0.39 is 12.0 Å². The van der Waals surface area contributed by atoms with Gasteiger partial charge in [-0.1, -0.05) is 56.2 Å². The molecule has 5 nitrogen and oxygen atoms in total. The number of unbranched alkanes of at least 4 members (excludes halogenated alkanes) is 1. The van der Waals surface area contributed by atoms with Gasteiger partial charge in [0.1, 0.15) is 12.4 Å². The fourth-order valence-electron chi connectivity index (χ4n) is 2.70. The first kappa shape index (κ1) is 20.5. The minimum absolute atomic E-state index is 0.215. The highest BCUT2D eigenvalue weighted by Gasteiger charge is 2.35. The highest BCUT2D eigenvalue weighted by atomic mass is 127. The van der Waals surface area contributed by atoms with Gasteiger partial charge in [0.2, 0.25) is 5.91 Å². The minimum Gasteiger partial charge on any atom is -0.496 e. The van der Waals surface area contributed by atoms with Crippen LogP contribution in [0.15, 0.2) is 45.7 Å². The molecule has 0 radical (unpaired) electrons. The molecule has 0 saturated carbocycles. The fourth-order valence-corrected chi connectivity index (χ4v) is 3.68. The van der Waals surface area contributed by atoms with E-state index in [-0.39, 0.29) is 12.5 Å². The first-order chi connectivity index (χ1) is 12.6. The average Bonchev–Trinajstić information content (AvgIpc) is 3.09. The summed E-state index contributed by atoms with van der Waals surface area (Å²) in [6.45, 7) is 2.65. The van der Waals surface area contributed by atoms with E-state index in [0.29, 0.717) is 18.7 Å². The Kier molecular flexibility index (Phi) is 8.15. The quantitative estimate of drug-likeness (QED) is 0.313. The van der Waals surface area contributed by atoms with Crippen molar-refractivity contribution in [3.05, 3.63) is 51.3 Å². The van der Waals surface area contributed by atoms with E-state index in [9.17, 15) is 9.59 Å². The summed E-state index contributed by atoms with van der Waals surface area (Å²) in [6.07, 6.45) is 5.79. The zero-order valence-electron chi connectivity index (χ0n) is 15.1. The van der Waals surface area contributed by atoms with Gasteiger partial charge in [0.05, 0.1) is 19.6 Å². The molecule has 1 saturated heterocycles. The second-order valence-corrected chi connectivity index (χ2v) is 7.12. The number of ether oxygens (including phenoxy) is 2. The molecule has 1 aliphatic heterocycles. The third-order valence-electron chi connectivity index (χ3n) is 4.16. The lowest BCUT2D eigenvalue weighted by Gasteiger charge is -2.21. The van der Waals surface area contributed by atoms with Crippen molar-refractivity contribution in [2.75, 3.05) is 20.3 Å². The summed E-state index contributed by atoms with van der Waals surface area (Å²) < 4.78 is 11.2. The lowest BCUT2D eigenvalue weighted by atomic mass is 9.99. The van der Waals surface area contributed by atoms with Gasteiger partial charge in [-0.2, -0.15) is 0 Å². The van der Waals surface area contributed by atoms with Crippen molar-refractivity contribution < 1.29 is 19.1 Å². The van der Waals surface area contributed by atoms with Crippen LogP contribution in [0.1, 0.15) is 31.7 Å². The first-order valence-corrected chi connectivity index (χ1v) is 9.81. The molecule has 1 aromatic rings. The summed E-state index contributed by atoms with van der Waals surface area (Å²) in [5, 5.41) is 0. The normalized spacial score (nSPS) is 16.4. The number of benzene rings is 1. The van der Waals surface area contributed by atoms with Crippen molar-refractivity contribution in [3.63, 3.8) is 0 Å². The van der Waals surface area contributed by atoms with Crippen molar-refractivity contribution in [2.24, 2.45) is 5.92 Å². The summed E-state index contributed by atoms with van der Waals surface area (Å²) >= 11 is 2.16. The number of nitrogens with zero attached hydrogens (tertiary/aromatic N) is 1. The Labute approximate surface area is 168 Å². The Balaban J connectivity index is 2.27. The van der Waals surface area contributed by atoms with E-state index in [0.717, 1.165) is 22.0 Å². The maximum absolute atomic E-state index is 12.9. The molecule has 1 atom stereocenters. The molecule has 2 rings (SSSR count). The molecule has 0 N–H and O–H groups in total. The van der Waals surface area contributed by atoms with Gasteiger partial charge in [0, 0.05) is 3.58 Å². The van der Waals surface area contributed by atoms with Crippen LogP contribution in [-0.4, -0.2) is 37.2 Å². The van der Waals surface area contributed by atoms with Crippen molar-refractivity contribution in [2.45, 2.75) is 26.2 Å². The lowest BCUT2D eigenvalue weighted by Crippen LogP contribution is -2.37. The van der Waals surface area contributed by atoms with Crippen LogP contribution in [0.4, 0.5) is 4.79 Å². The van der Waals surface area contributed by atoms with Crippen LogP contribution in [0, 0.1) is 5.92 Å². The van der Waals surface area contributed by atoms with Gasteiger partial charge in [-0.3, -0.25) is 4.79 Å². The Bertz CT molecular complexity index is 684. The van der Waals surface area contributed by atoms with Crippen LogP contribution in [0.5, 0.6) is 0 Å². The third-order valence-corrected chi connectivity index (χ3v) is 5.44. The monoisotopic (exact) mass is 469 g/mol. The molecule has 1 heterocycles. The van der Waals surface area contributed by atoms with Crippen LogP contribution in [0.25, 0.3) is 6.08 Å². The van der Waals surface area contributed by atoms with E-state index in [4.69, 9.17) is 9.47 Å². The summed E-state index contributed by atoms with van der Waals surface area (Å²) in [4.78, 5) is 25.9. The van der Waals surface area contributed by atoms with Gasteiger partial charge < -0.3 is 9.47 Å². The second-order valence-electron chi connectivity index (χ2n) is 5.96. The fraction of sp³-hybridized carbons (Fsp3) is 0.400. The van der Waals surface area contributed by atoms with Crippen molar-refractivity contribution in [3.8, 4) is 0 Å². The van der Waals surface area contributed by atoms with Crippen molar-refractivity contribution in [1.29, 1.82) is 0 Å². The number of rotatable bonds is 8. The van der Waals surface area contributed by atoms with E-state index in [1.165, 1.54) is 4.90 Å². The van der Waals surface area contributed by atoms with Crippen LogP contribution in [-0.2, 0) is 14.3 Å². The van der Waals surface area contributed by atoms with Crippen molar-refractivity contribution >= 4 is 40.7 Å². The molecule has 1 aromatic carbocycles. The Morgan fingerprint density at radius 3 is 2.69 bits per heavy atom. The predicted octanol–water partition coefficient (Wildman–Crippen LogP) is 4.78. The number of halogens is 1. The zero-order valence-corrected chi connectivity index (χ0v) is 17.3. The highest BCUT2D eigenvalue weighted by Crippen LogP contribution is 2.31. The third kappa shape index (κ3) is 5.33. The second kappa shape index (κ2) is 10.4. The number of carbonyl (C=O) groups excluding carboxylic acids is 2. The van der Waals surface area contributed by atoms with Crippen LogP contribution in [0.3, 0.4) is 0 Å². The van der Waals surface area contributed by atoms with Crippen LogP contribution in [0.2, 0.25) is 0 Å². The zero-order chi connectivity index (χ0) is 18.9. The van der Waals surface area contributed by atoms with E-state index in [1.54, 1.807) is 7.11 Å². The number of imide groups is 1. The summed E-state index contributed by atoms with van der Waals surface area (Å²) in [7, 11) is 1.59. The molecule has 0 aliphatic carbocycles. The smallest absolute Gasteiger partial charge is 0.416 e. The molecular formula is C20H24INO4. The number of carbonyl (C=O) groups is 2. The minimum atomic E-state index is -0.556. The highest BCUT2D eigenvalue weighted by molar-refractivity contribution is 14.1. The average molecular weight is 469 g/mol. The molecular weight excluding hydrogens is 445 g/mol. The maximum atomic E-state index is 12.9. The maximum Gasteiger partial charge on any atom is 0.416 e. The molecule has 1 unspecified atom stereocenters. The van der Waals surface area contributed by atoms with Crippen LogP contribution < -0.4 is 0 Å². The number of methoxy groups -OCH3 is 1. The van der Waals surface area contributed by atoms with Gasteiger partial charge in [0.15, 0.2) is 0 Å². The largest absolute Gasteiger partial charge is 0.496 e. The molecule has 0 aromatic heterocycles. The Hall–Kier alpha value is -1.83. The summed E-state index contributed by atoms with van der Waals surface area (Å²) in [5.41, 5.74) is 1.05. The van der Waals surface area contributed by atoms with E-state index in [2.05, 4.69) is 29.5 Å². The van der Waals surface area contributed by atoms with Gasteiger partial charge in [-0.15, -0.1) is 0 Å². The van der Waals surface area contributed by atoms with Gasteiger partial charge in [-0.25, -0.2) is 9.69 Å². The standard InChI is InChI=1S/C20H24INO4/c1-3-4-10-16(19(23)22-13-14-26-20(22)24)18(21)17(25-2)12-11-15-8-6-5-7-9-15/h5-9,11-12,16H,3-4,10,13-14H2,1-2H3/b12-11-,18-17+. The summed E-state index contributed by atoms with van der Waals surface area (Å²) in [6, 6.07) is 9.89. The lowest BCUT2D eigenvalue weighted by molar-refractivity contribution is -0.130. The first-order valence-electron chi connectivity index (χ1n) is 8.73. The summed E-state index contributed by atoms with van der Waals surface area (Å²) in [5.74, 6) is 0.0149. The number of allylic oxidation sites excluding steroid dienone is 1. The molecule has 0 bridgehead atoms.